The van der Waals surface area contributed by atoms with Gasteiger partial charge in [0.1, 0.15) is 6.04 Å². The monoisotopic (exact) mass is 358 g/mol. The Kier molecular flexibility index (Phi) is 4.65. The van der Waals surface area contributed by atoms with Gasteiger partial charge >= 0.3 is 6.03 Å². The van der Waals surface area contributed by atoms with E-state index < -0.39 is 18.0 Å². The standard InChI is InChI=1S/C16H18N6O4/c1-20(13(23)7-11-15(24)22(3)16(25)21(11)2)9-12-18-14(19-26-12)10-5-4-6-17-8-10/h4-6,8,11H,7,9H2,1-3H3/t11-/m1/s1. The van der Waals surface area contributed by atoms with Crippen LogP contribution in [0.1, 0.15) is 12.3 Å². The molecule has 4 amide bonds. The fraction of sp³-hybridized carbons (Fsp3) is 0.375. The predicted octanol–water partition coefficient (Wildman–Crippen LogP) is 0.372. The van der Waals surface area contributed by atoms with Gasteiger partial charge in [-0.25, -0.2) is 4.79 Å². The van der Waals surface area contributed by atoms with E-state index in [0.29, 0.717) is 11.4 Å². The summed E-state index contributed by atoms with van der Waals surface area (Å²) in [6.07, 6.45) is 3.14. The summed E-state index contributed by atoms with van der Waals surface area (Å²) in [6.45, 7) is 0.0977. The van der Waals surface area contributed by atoms with Gasteiger partial charge < -0.3 is 14.3 Å². The van der Waals surface area contributed by atoms with E-state index in [2.05, 4.69) is 15.1 Å². The number of pyridine rings is 1. The molecule has 136 valence electrons. The molecular weight excluding hydrogens is 340 g/mol. The van der Waals surface area contributed by atoms with E-state index in [0.717, 1.165) is 4.90 Å². The molecule has 0 bridgehead atoms. The third-order valence-electron chi connectivity index (χ3n) is 4.23. The molecule has 1 aliphatic heterocycles. The van der Waals surface area contributed by atoms with Crippen LogP contribution in [0.3, 0.4) is 0 Å². The van der Waals surface area contributed by atoms with Crippen LogP contribution in [0.5, 0.6) is 0 Å². The minimum atomic E-state index is -0.795. The highest BCUT2D eigenvalue weighted by Crippen LogP contribution is 2.18. The summed E-state index contributed by atoms with van der Waals surface area (Å²) in [6, 6.07) is 2.34. The maximum absolute atomic E-state index is 12.4. The number of hydrogen-bond donors (Lipinski definition) is 0. The highest BCUT2D eigenvalue weighted by atomic mass is 16.5. The summed E-state index contributed by atoms with van der Waals surface area (Å²) in [4.78, 5) is 48.1. The van der Waals surface area contributed by atoms with Crippen LogP contribution in [-0.2, 0) is 16.1 Å². The molecule has 3 heterocycles. The average molecular weight is 358 g/mol. The van der Waals surface area contributed by atoms with Gasteiger partial charge in [-0.2, -0.15) is 4.98 Å². The molecule has 0 saturated carbocycles. The van der Waals surface area contributed by atoms with Crippen molar-refractivity contribution < 1.29 is 18.9 Å². The number of carbonyl (C=O) groups is 3. The molecule has 1 saturated heterocycles. The summed E-state index contributed by atoms with van der Waals surface area (Å²) in [5.74, 6) is -0.0544. The maximum Gasteiger partial charge on any atom is 0.326 e. The number of imide groups is 1. The van der Waals surface area contributed by atoms with Gasteiger partial charge in [0.2, 0.25) is 17.6 Å². The maximum atomic E-state index is 12.4. The van der Waals surface area contributed by atoms with E-state index >= 15 is 0 Å². The van der Waals surface area contributed by atoms with Crippen LogP contribution in [0.25, 0.3) is 11.4 Å². The van der Waals surface area contributed by atoms with E-state index in [1.807, 2.05) is 0 Å². The minimum Gasteiger partial charge on any atom is -0.337 e. The first-order valence-corrected chi connectivity index (χ1v) is 7.89. The fourth-order valence-corrected chi connectivity index (χ4v) is 2.62. The lowest BCUT2D eigenvalue weighted by atomic mass is 10.1. The smallest absolute Gasteiger partial charge is 0.326 e. The van der Waals surface area contributed by atoms with Crippen molar-refractivity contribution in [2.24, 2.45) is 0 Å². The van der Waals surface area contributed by atoms with Gasteiger partial charge in [-0.3, -0.25) is 19.5 Å². The Labute approximate surface area is 149 Å². The number of carbonyl (C=O) groups excluding carboxylic acids is 3. The number of likely N-dealkylation sites (N-methyl/N-ethyl adjacent to an activating group) is 2. The number of aromatic nitrogens is 3. The molecule has 26 heavy (non-hydrogen) atoms. The third-order valence-corrected chi connectivity index (χ3v) is 4.23. The normalized spacial score (nSPS) is 17.1. The van der Waals surface area contributed by atoms with Crippen LogP contribution < -0.4 is 0 Å². The van der Waals surface area contributed by atoms with Crippen LogP contribution in [0.2, 0.25) is 0 Å². The zero-order chi connectivity index (χ0) is 18.8. The van der Waals surface area contributed by atoms with Crippen molar-refractivity contribution in [2.75, 3.05) is 21.1 Å². The number of rotatable bonds is 5. The highest BCUT2D eigenvalue weighted by molar-refractivity contribution is 6.05. The molecule has 2 aromatic rings. The van der Waals surface area contributed by atoms with Gasteiger partial charge in [-0.15, -0.1) is 0 Å². The molecule has 0 spiro atoms. The molecule has 0 radical (unpaired) electrons. The number of urea groups is 1. The Hall–Kier alpha value is -3.30. The summed E-state index contributed by atoms with van der Waals surface area (Å²) in [5.41, 5.74) is 0.705. The van der Waals surface area contributed by atoms with Crippen LogP contribution in [-0.4, -0.2) is 74.9 Å². The average Bonchev–Trinajstić information content (AvgIpc) is 3.18. The Morgan fingerprint density at radius 3 is 2.73 bits per heavy atom. The lowest BCUT2D eigenvalue weighted by Crippen LogP contribution is -2.38. The minimum absolute atomic E-state index is 0.0977. The zero-order valence-electron chi connectivity index (χ0n) is 14.6. The van der Waals surface area contributed by atoms with Gasteiger partial charge in [-0.1, -0.05) is 5.16 Å². The lowest BCUT2D eigenvalue weighted by molar-refractivity contribution is -0.136. The SMILES string of the molecule is CN(Cc1nc(-c2cccnc2)no1)C(=O)C[C@@H]1C(=O)N(C)C(=O)N1C. The van der Waals surface area contributed by atoms with Crippen LogP contribution >= 0.6 is 0 Å². The second kappa shape index (κ2) is 6.90. The van der Waals surface area contributed by atoms with E-state index in [1.165, 1.54) is 23.9 Å². The van der Waals surface area contributed by atoms with Crippen molar-refractivity contribution in [3.63, 3.8) is 0 Å². The molecule has 0 unspecified atom stereocenters. The van der Waals surface area contributed by atoms with Gasteiger partial charge in [0.05, 0.1) is 13.0 Å². The van der Waals surface area contributed by atoms with Crippen molar-refractivity contribution in [2.45, 2.75) is 19.0 Å². The molecule has 10 heteroatoms. The predicted molar refractivity (Wildman–Crippen MR) is 88.3 cm³/mol. The van der Waals surface area contributed by atoms with Crippen molar-refractivity contribution in [1.82, 2.24) is 29.8 Å². The van der Waals surface area contributed by atoms with Crippen molar-refractivity contribution >= 4 is 17.8 Å². The number of hydrogen-bond acceptors (Lipinski definition) is 7. The van der Waals surface area contributed by atoms with Crippen molar-refractivity contribution in [1.29, 1.82) is 0 Å². The molecule has 10 nitrogen and oxygen atoms in total. The van der Waals surface area contributed by atoms with Crippen molar-refractivity contribution in [3.05, 3.63) is 30.4 Å². The summed E-state index contributed by atoms with van der Waals surface area (Å²) in [5, 5.41) is 3.87. The first-order chi connectivity index (χ1) is 12.4. The zero-order valence-corrected chi connectivity index (χ0v) is 14.6. The van der Waals surface area contributed by atoms with Gasteiger partial charge in [-0.05, 0) is 12.1 Å². The molecule has 0 N–H and O–H groups in total. The second-order valence-corrected chi connectivity index (χ2v) is 6.01. The Morgan fingerprint density at radius 1 is 1.35 bits per heavy atom. The Balaban J connectivity index is 1.62. The molecule has 1 fully saturated rings. The van der Waals surface area contributed by atoms with Crippen LogP contribution in [0.15, 0.2) is 29.0 Å². The molecular formula is C16H18N6O4. The molecule has 0 aliphatic carbocycles. The number of amides is 4. The van der Waals surface area contributed by atoms with Gasteiger partial charge in [0.15, 0.2) is 0 Å². The van der Waals surface area contributed by atoms with E-state index in [1.54, 1.807) is 31.6 Å². The Bertz CT molecular complexity index is 836. The second-order valence-electron chi connectivity index (χ2n) is 6.01. The summed E-state index contributed by atoms with van der Waals surface area (Å²) < 4.78 is 5.16. The van der Waals surface area contributed by atoms with Gasteiger partial charge in [0.25, 0.3) is 5.91 Å². The molecule has 1 aliphatic rings. The molecule has 2 aromatic heterocycles. The van der Waals surface area contributed by atoms with Crippen LogP contribution in [0, 0.1) is 0 Å². The number of nitrogens with zero attached hydrogens (tertiary/aromatic N) is 6. The quantitative estimate of drug-likeness (QED) is 0.710. The fourth-order valence-electron chi connectivity index (χ4n) is 2.62. The first-order valence-electron chi connectivity index (χ1n) is 7.89. The highest BCUT2D eigenvalue weighted by Gasteiger charge is 2.42. The lowest BCUT2D eigenvalue weighted by Gasteiger charge is -2.19. The van der Waals surface area contributed by atoms with Crippen molar-refractivity contribution in [3.8, 4) is 11.4 Å². The van der Waals surface area contributed by atoms with E-state index in [-0.39, 0.29) is 24.8 Å². The summed E-state index contributed by atoms with van der Waals surface area (Å²) in [7, 11) is 4.47. The van der Waals surface area contributed by atoms with Gasteiger partial charge in [0, 0.05) is 39.1 Å². The van der Waals surface area contributed by atoms with E-state index in [4.69, 9.17) is 4.52 Å². The van der Waals surface area contributed by atoms with E-state index in [9.17, 15) is 14.4 Å². The van der Waals surface area contributed by atoms with Crippen LogP contribution in [0.4, 0.5) is 4.79 Å². The third kappa shape index (κ3) is 3.25. The topological polar surface area (TPSA) is 113 Å². The molecule has 3 rings (SSSR count). The molecule has 0 aromatic carbocycles. The first kappa shape index (κ1) is 17.5. The largest absolute Gasteiger partial charge is 0.337 e. The molecule has 1 atom stereocenters. The Morgan fingerprint density at radius 2 is 2.12 bits per heavy atom. The summed E-state index contributed by atoms with van der Waals surface area (Å²) >= 11 is 0.